The molecule has 15 heavy (non-hydrogen) atoms. The second-order valence-electron chi connectivity index (χ2n) is 4.99. The van der Waals surface area contributed by atoms with Gasteiger partial charge in [0.25, 0.3) is 0 Å². The molecule has 2 heteroatoms. The predicted molar refractivity (Wildman–Crippen MR) is 67.4 cm³/mol. The number of carbonyl (C=O) groups excluding carboxylic acids is 1. The molecule has 0 unspecified atom stereocenters. The summed E-state index contributed by atoms with van der Waals surface area (Å²) in [5.41, 5.74) is 2.64. The normalized spacial score (nSPS) is 11.6. The molecule has 1 nitrogen and oxygen atoms in total. The number of carbonyl (C=O) groups is 1. The fraction of sp³-hybridized carbons (Fsp3) is 0.462. The second-order valence-corrected chi connectivity index (χ2v) is 5.91. The van der Waals surface area contributed by atoms with Crippen LogP contribution in [0.25, 0.3) is 0 Å². The van der Waals surface area contributed by atoms with Crippen molar-refractivity contribution in [3.05, 3.63) is 33.3 Å². The van der Waals surface area contributed by atoms with Crippen molar-refractivity contribution in [2.75, 3.05) is 0 Å². The molecule has 0 aliphatic heterocycles. The van der Waals surface area contributed by atoms with E-state index < -0.39 is 0 Å². The third kappa shape index (κ3) is 2.69. The Hall–Kier alpha value is -0.630. The highest BCUT2D eigenvalue weighted by molar-refractivity contribution is 9.10. The first-order chi connectivity index (χ1) is 6.73. The van der Waals surface area contributed by atoms with Gasteiger partial charge in [-0.2, -0.15) is 0 Å². The first-order valence-corrected chi connectivity index (χ1v) is 5.84. The molecule has 0 saturated carbocycles. The quantitative estimate of drug-likeness (QED) is 0.695. The third-order valence-electron chi connectivity index (χ3n) is 2.41. The number of rotatable bonds is 1. The zero-order chi connectivity index (χ0) is 11.8. The highest BCUT2D eigenvalue weighted by atomic mass is 79.9. The molecule has 0 radical (unpaired) electrons. The second kappa shape index (κ2) is 4.09. The van der Waals surface area contributed by atoms with Gasteiger partial charge in [0.15, 0.2) is 5.78 Å². The first kappa shape index (κ1) is 12.4. The van der Waals surface area contributed by atoms with Gasteiger partial charge in [-0.1, -0.05) is 36.7 Å². The number of hydrogen-bond donors (Lipinski definition) is 0. The van der Waals surface area contributed by atoms with Gasteiger partial charge in [-0.25, -0.2) is 0 Å². The minimum absolute atomic E-state index is 0.213. The van der Waals surface area contributed by atoms with Gasteiger partial charge in [-0.05, 0) is 37.1 Å². The van der Waals surface area contributed by atoms with Crippen molar-refractivity contribution in [2.24, 2.45) is 5.41 Å². The summed E-state index contributed by atoms with van der Waals surface area (Å²) in [4.78, 5) is 12.2. The van der Waals surface area contributed by atoms with E-state index in [-0.39, 0.29) is 11.2 Å². The average molecular weight is 269 g/mol. The summed E-state index contributed by atoms with van der Waals surface area (Å²) < 4.78 is 1.03. The number of halogens is 1. The van der Waals surface area contributed by atoms with E-state index in [1.165, 1.54) is 0 Å². The maximum Gasteiger partial charge on any atom is 0.168 e. The Morgan fingerprint density at radius 3 is 1.87 bits per heavy atom. The Kier molecular flexibility index (Phi) is 3.39. The first-order valence-electron chi connectivity index (χ1n) is 5.05. The summed E-state index contributed by atoms with van der Waals surface area (Å²) >= 11 is 3.44. The molecule has 0 saturated heterocycles. The monoisotopic (exact) mass is 268 g/mol. The van der Waals surface area contributed by atoms with Crippen molar-refractivity contribution in [1.29, 1.82) is 0 Å². The number of hydrogen-bond acceptors (Lipinski definition) is 1. The minimum Gasteiger partial charge on any atom is -0.294 e. The van der Waals surface area contributed by atoms with E-state index in [1.54, 1.807) is 0 Å². The summed E-state index contributed by atoms with van der Waals surface area (Å²) in [6.45, 7) is 9.83. The molecule has 82 valence electrons. The van der Waals surface area contributed by atoms with Crippen LogP contribution in [0.5, 0.6) is 0 Å². The molecular weight excluding hydrogens is 252 g/mol. The van der Waals surface area contributed by atoms with E-state index >= 15 is 0 Å². The molecule has 0 aromatic heterocycles. The summed E-state index contributed by atoms with van der Waals surface area (Å²) in [5, 5.41) is 0. The lowest BCUT2D eigenvalue weighted by Gasteiger charge is -2.20. The van der Waals surface area contributed by atoms with Gasteiger partial charge in [0.1, 0.15) is 0 Å². The summed E-state index contributed by atoms with van der Waals surface area (Å²) in [5.74, 6) is 0.213. The summed E-state index contributed by atoms with van der Waals surface area (Å²) in [7, 11) is 0. The van der Waals surface area contributed by atoms with Gasteiger partial charge in [-0.3, -0.25) is 4.79 Å². The molecule has 1 aromatic carbocycles. The van der Waals surface area contributed by atoms with Crippen LogP contribution in [-0.4, -0.2) is 5.78 Å². The Balaban J connectivity index is 3.33. The Morgan fingerprint density at radius 2 is 1.53 bits per heavy atom. The van der Waals surface area contributed by atoms with Crippen molar-refractivity contribution >= 4 is 21.7 Å². The zero-order valence-corrected chi connectivity index (χ0v) is 11.5. The topological polar surface area (TPSA) is 17.1 Å². The standard InChI is InChI=1S/C13H17BrO/c1-8-6-10(14)7-9(2)11(8)12(15)13(3,4)5/h6-7H,1-5H3. The molecule has 0 fully saturated rings. The van der Waals surface area contributed by atoms with Crippen molar-refractivity contribution in [1.82, 2.24) is 0 Å². The smallest absolute Gasteiger partial charge is 0.168 e. The molecule has 0 heterocycles. The predicted octanol–water partition coefficient (Wildman–Crippen LogP) is 4.29. The van der Waals surface area contributed by atoms with Crippen LogP contribution in [0, 0.1) is 19.3 Å². The number of Topliss-reactive ketones (excluding diaryl/α,β-unsaturated/α-hetero) is 1. The lowest BCUT2D eigenvalue weighted by atomic mass is 9.83. The van der Waals surface area contributed by atoms with Crippen molar-refractivity contribution in [3.8, 4) is 0 Å². The molecular formula is C13H17BrO. The fourth-order valence-corrected chi connectivity index (χ4v) is 2.33. The van der Waals surface area contributed by atoms with Crippen LogP contribution in [0.1, 0.15) is 42.3 Å². The molecule has 0 atom stereocenters. The molecule has 0 bridgehead atoms. The maximum absolute atomic E-state index is 12.2. The van der Waals surface area contributed by atoms with E-state index in [4.69, 9.17) is 0 Å². The van der Waals surface area contributed by atoms with Crippen molar-refractivity contribution < 1.29 is 4.79 Å². The van der Waals surface area contributed by atoms with Gasteiger partial charge in [0, 0.05) is 15.5 Å². The van der Waals surface area contributed by atoms with Crippen LogP contribution < -0.4 is 0 Å². The third-order valence-corrected chi connectivity index (χ3v) is 2.86. The van der Waals surface area contributed by atoms with Crippen LogP contribution in [0.4, 0.5) is 0 Å². The molecule has 1 rings (SSSR count). The number of benzene rings is 1. The Morgan fingerprint density at radius 1 is 1.13 bits per heavy atom. The molecule has 1 aromatic rings. The van der Waals surface area contributed by atoms with E-state index in [9.17, 15) is 4.79 Å². The Labute approximate surface area is 100 Å². The lowest BCUT2D eigenvalue weighted by molar-refractivity contribution is 0.0857. The lowest BCUT2D eigenvalue weighted by Crippen LogP contribution is -2.22. The van der Waals surface area contributed by atoms with Crippen LogP contribution in [0.3, 0.4) is 0 Å². The van der Waals surface area contributed by atoms with E-state index in [2.05, 4.69) is 15.9 Å². The molecule has 0 aliphatic carbocycles. The van der Waals surface area contributed by atoms with Crippen LogP contribution >= 0.6 is 15.9 Å². The largest absolute Gasteiger partial charge is 0.294 e. The molecule has 0 spiro atoms. The highest BCUT2D eigenvalue weighted by Crippen LogP contribution is 2.27. The van der Waals surface area contributed by atoms with Gasteiger partial charge in [0.2, 0.25) is 0 Å². The maximum atomic E-state index is 12.2. The van der Waals surface area contributed by atoms with Crippen molar-refractivity contribution in [2.45, 2.75) is 34.6 Å². The molecule has 0 N–H and O–H groups in total. The van der Waals surface area contributed by atoms with Gasteiger partial charge < -0.3 is 0 Å². The van der Waals surface area contributed by atoms with E-state index in [0.29, 0.717) is 0 Å². The van der Waals surface area contributed by atoms with Gasteiger partial charge in [-0.15, -0.1) is 0 Å². The minimum atomic E-state index is -0.316. The average Bonchev–Trinajstić information content (AvgIpc) is 1.99. The Bertz CT molecular complexity index is 376. The van der Waals surface area contributed by atoms with Crippen LogP contribution in [0.15, 0.2) is 16.6 Å². The fourth-order valence-electron chi connectivity index (χ4n) is 1.64. The van der Waals surface area contributed by atoms with Crippen molar-refractivity contribution in [3.63, 3.8) is 0 Å². The summed E-state index contributed by atoms with van der Waals surface area (Å²) in [6.07, 6.45) is 0. The molecule has 0 aliphatic rings. The number of aryl methyl sites for hydroxylation is 2. The molecule has 0 amide bonds. The van der Waals surface area contributed by atoms with E-state index in [0.717, 1.165) is 21.2 Å². The van der Waals surface area contributed by atoms with Crippen LogP contribution in [-0.2, 0) is 0 Å². The van der Waals surface area contributed by atoms with Crippen LogP contribution in [0.2, 0.25) is 0 Å². The highest BCUT2D eigenvalue weighted by Gasteiger charge is 2.25. The van der Waals surface area contributed by atoms with Gasteiger partial charge in [0.05, 0.1) is 0 Å². The van der Waals surface area contributed by atoms with Gasteiger partial charge >= 0.3 is 0 Å². The summed E-state index contributed by atoms with van der Waals surface area (Å²) in [6, 6.07) is 3.98. The zero-order valence-electron chi connectivity index (χ0n) is 9.94. The number of ketones is 1. The van der Waals surface area contributed by atoms with E-state index in [1.807, 2.05) is 46.8 Å². The SMILES string of the molecule is Cc1cc(Br)cc(C)c1C(=O)C(C)(C)C.